The van der Waals surface area contributed by atoms with Crippen molar-refractivity contribution in [2.45, 2.75) is 25.7 Å². The average Bonchev–Trinajstić information content (AvgIpc) is 3.32. The quantitative estimate of drug-likeness (QED) is 0.376. The normalized spacial score (nSPS) is 15.8. The zero-order valence-corrected chi connectivity index (χ0v) is 19.8. The molecule has 0 fully saturated rings. The van der Waals surface area contributed by atoms with Crippen LogP contribution in [0.5, 0.6) is 0 Å². The Morgan fingerprint density at radius 1 is 0.812 bits per heavy atom. The van der Waals surface area contributed by atoms with E-state index >= 15 is 0 Å². The fourth-order valence-corrected chi connectivity index (χ4v) is 6.08. The fourth-order valence-electron chi connectivity index (χ4n) is 5.02. The Bertz CT molecular complexity index is 1290. The van der Waals surface area contributed by atoms with Crippen molar-refractivity contribution in [2.75, 3.05) is 0 Å². The van der Waals surface area contributed by atoms with Crippen molar-refractivity contribution in [2.24, 2.45) is 0 Å². The predicted octanol–water partition coefficient (Wildman–Crippen LogP) is 7.31. The minimum absolute atomic E-state index is 0.0444. The molecule has 0 aromatic heterocycles. The highest BCUT2D eigenvalue weighted by atomic mass is 28.2. The summed E-state index contributed by atoms with van der Waals surface area (Å²) in [6, 6.07) is 22.0. The average molecular weight is 428 g/mol. The third-order valence-electron chi connectivity index (χ3n) is 6.81. The van der Waals surface area contributed by atoms with E-state index in [2.05, 4.69) is 106 Å². The Morgan fingerprint density at radius 2 is 1.44 bits per heavy atom. The van der Waals surface area contributed by atoms with Gasteiger partial charge in [0.1, 0.15) is 0 Å². The van der Waals surface area contributed by atoms with Gasteiger partial charge < -0.3 is 0 Å². The predicted molar refractivity (Wildman–Crippen MR) is 142 cm³/mol. The lowest BCUT2D eigenvalue weighted by molar-refractivity contribution is 0.660. The first-order chi connectivity index (χ1) is 15.5. The summed E-state index contributed by atoms with van der Waals surface area (Å²) in [5.74, 6) is 0. The highest BCUT2D eigenvalue weighted by molar-refractivity contribution is 6.69. The van der Waals surface area contributed by atoms with Crippen LogP contribution >= 0.6 is 0 Å². The van der Waals surface area contributed by atoms with Crippen LogP contribution in [0.3, 0.4) is 0 Å². The molecule has 2 aliphatic carbocycles. The molecule has 0 nitrogen and oxygen atoms in total. The molecule has 155 valence electrons. The standard InChI is InChI=1S/C19H18.C12H9Si/c1-5-13-7-9-15-16-10-8-14(6-2)12-18(16)19(3,4)17(15)11-13;1-2-5-10-9(4-1)8-12-11(10)6-3-7-13-12/h5-12H,1-2H2,3-4H3;1-7H,8H2. The summed E-state index contributed by atoms with van der Waals surface area (Å²) in [6.07, 6.45) is 9.42. The molecule has 0 atom stereocenters. The van der Waals surface area contributed by atoms with E-state index in [1.165, 1.54) is 56.5 Å². The molecular weight excluding hydrogens is 400 g/mol. The SMILES string of the molecule is C1=C[Si]=C2Cc3ccccc3C2=C1.C=Cc1ccc2c(c1)C(C)(C)c1cc(C=C)ccc1-2. The lowest BCUT2D eigenvalue weighted by Crippen LogP contribution is -2.15. The van der Waals surface area contributed by atoms with Crippen LogP contribution < -0.4 is 0 Å². The number of hydrogen-bond acceptors (Lipinski definition) is 0. The maximum Gasteiger partial charge on any atom is 0.0554 e. The van der Waals surface area contributed by atoms with Gasteiger partial charge in [-0.2, -0.15) is 0 Å². The first kappa shape index (κ1) is 20.6. The Hall–Kier alpha value is -3.29. The molecule has 0 bridgehead atoms. The van der Waals surface area contributed by atoms with E-state index in [-0.39, 0.29) is 5.41 Å². The minimum Gasteiger partial charge on any atom is -0.0985 e. The van der Waals surface area contributed by atoms with Crippen molar-refractivity contribution < 1.29 is 0 Å². The van der Waals surface area contributed by atoms with E-state index in [1.54, 1.807) is 5.17 Å². The van der Waals surface area contributed by atoms with Gasteiger partial charge in [0, 0.05) is 5.41 Å². The first-order valence-electron chi connectivity index (χ1n) is 11.1. The molecule has 1 aliphatic heterocycles. The van der Waals surface area contributed by atoms with E-state index in [0.29, 0.717) is 0 Å². The van der Waals surface area contributed by atoms with Crippen LogP contribution in [0.2, 0.25) is 0 Å². The molecule has 1 radical (unpaired) electrons. The summed E-state index contributed by atoms with van der Waals surface area (Å²) < 4.78 is 0. The van der Waals surface area contributed by atoms with Crippen LogP contribution in [-0.2, 0) is 11.8 Å². The van der Waals surface area contributed by atoms with E-state index in [0.717, 1.165) is 9.13 Å². The summed E-state index contributed by atoms with van der Waals surface area (Å²) in [5.41, 5.74) is 14.6. The largest absolute Gasteiger partial charge is 0.0985 e. The Morgan fingerprint density at radius 3 is 2.06 bits per heavy atom. The van der Waals surface area contributed by atoms with Gasteiger partial charge in [-0.05, 0) is 56.5 Å². The van der Waals surface area contributed by atoms with Crippen LogP contribution in [0.25, 0.3) is 28.9 Å². The number of fused-ring (bicyclic) bond motifs is 6. The topological polar surface area (TPSA) is 0 Å². The molecule has 1 heterocycles. The van der Waals surface area contributed by atoms with Crippen molar-refractivity contribution in [3.05, 3.63) is 125 Å². The van der Waals surface area contributed by atoms with Gasteiger partial charge in [0.25, 0.3) is 0 Å². The van der Waals surface area contributed by atoms with E-state index < -0.39 is 0 Å². The molecule has 1 heteroatoms. The number of hydrogen-bond donors (Lipinski definition) is 0. The lowest BCUT2D eigenvalue weighted by atomic mass is 9.81. The van der Waals surface area contributed by atoms with Crippen LogP contribution in [0.1, 0.15) is 47.2 Å². The van der Waals surface area contributed by atoms with Crippen LogP contribution in [0, 0.1) is 0 Å². The Labute approximate surface area is 193 Å². The molecule has 0 unspecified atom stereocenters. The van der Waals surface area contributed by atoms with Crippen molar-refractivity contribution >= 4 is 32.0 Å². The van der Waals surface area contributed by atoms with Gasteiger partial charge in [0.15, 0.2) is 0 Å². The van der Waals surface area contributed by atoms with Gasteiger partial charge in [-0.1, -0.05) is 123 Å². The zero-order chi connectivity index (χ0) is 22.3. The smallest absolute Gasteiger partial charge is 0.0554 e. The molecule has 6 rings (SSSR count). The van der Waals surface area contributed by atoms with Gasteiger partial charge in [0.2, 0.25) is 0 Å². The number of rotatable bonds is 2. The van der Waals surface area contributed by atoms with Crippen LogP contribution in [0.15, 0.2) is 91.7 Å². The summed E-state index contributed by atoms with van der Waals surface area (Å²) in [7, 11) is 0.900. The van der Waals surface area contributed by atoms with Crippen molar-refractivity contribution in [3.8, 4) is 11.1 Å². The Kier molecular flexibility index (Phi) is 5.15. The van der Waals surface area contributed by atoms with Crippen molar-refractivity contribution in [1.29, 1.82) is 0 Å². The van der Waals surface area contributed by atoms with Crippen LogP contribution in [-0.4, -0.2) is 14.3 Å². The van der Waals surface area contributed by atoms with E-state index in [1.807, 2.05) is 12.2 Å². The monoisotopic (exact) mass is 427 g/mol. The minimum atomic E-state index is 0.0444. The molecule has 3 aromatic rings. The Balaban J connectivity index is 0.000000144. The molecule has 32 heavy (non-hydrogen) atoms. The molecule has 0 saturated carbocycles. The number of benzene rings is 3. The van der Waals surface area contributed by atoms with Gasteiger partial charge in [-0.3, -0.25) is 0 Å². The third-order valence-corrected chi connectivity index (χ3v) is 7.97. The number of allylic oxidation sites excluding steroid dienone is 3. The highest BCUT2D eigenvalue weighted by Crippen LogP contribution is 2.49. The van der Waals surface area contributed by atoms with Gasteiger partial charge in [-0.25, -0.2) is 0 Å². The molecule has 0 N–H and O–H groups in total. The molecule has 3 aromatic carbocycles. The van der Waals surface area contributed by atoms with Gasteiger partial charge >= 0.3 is 0 Å². The summed E-state index contributed by atoms with van der Waals surface area (Å²) in [5, 5.41) is 1.61. The molecule has 3 aliphatic rings. The van der Waals surface area contributed by atoms with E-state index in [9.17, 15) is 0 Å². The summed E-state index contributed by atoms with van der Waals surface area (Å²) in [4.78, 5) is 0. The molecule has 0 spiro atoms. The van der Waals surface area contributed by atoms with E-state index in [4.69, 9.17) is 0 Å². The molecule has 0 amide bonds. The second kappa shape index (κ2) is 8.00. The third kappa shape index (κ3) is 3.34. The van der Waals surface area contributed by atoms with Crippen molar-refractivity contribution in [3.63, 3.8) is 0 Å². The summed E-state index contributed by atoms with van der Waals surface area (Å²) >= 11 is 0. The molecular formula is C31H27Si. The second-order valence-electron chi connectivity index (χ2n) is 9.04. The van der Waals surface area contributed by atoms with Crippen LogP contribution in [0.4, 0.5) is 0 Å². The van der Waals surface area contributed by atoms with Gasteiger partial charge in [-0.15, -0.1) is 0 Å². The lowest BCUT2D eigenvalue weighted by Gasteiger charge is -2.22. The maximum absolute atomic E-state index is 3.87. The zero-order valence-electron chi connectivity index (χ0n) is 18.8. The van der Waals surface area contributed by atoms with Crippen molar-refractivity contribution in [1.82, 2.24) is 0 Å². The second-order valence-corrected chi connectivity index (χ2v) is 10.3. The van der Waals surface area contributed by atoms with Gasteiger partial charge in [0.05, 0.1) is 9.13 Å². The fraction of sp³-hybridized carbons (Fsp3) is 0.129. The highest BCUT2D eigenvalue weighted by Gasteiger charge is 2.35. The first-order valence-corrected chi connectivity index (χ1v) is 12.2. The summed E-state index contributed by atoms with van der Waals surface area (Å²) in [6.45, 7) is 12.3. The maximum atomic E-state index is 3.87. The molecule has 0 saturated heterocycles.